The summed E-state index contributed by atoms with van der Waals surface area (Å²) < 4.78 is 2.03. The normalized spacial score (nSPS) is 14.1. The molecule has 1 rings (SSSR count). The van der Waals surface area contributed by atoms with Crippen molar-refractivity contribution in [1.29, 1.82) is 0 Å². The Morgan fingerprint density at radius 3 is 2.47 bits per heavy atom. The van der Waals surface area contributed by atoms with E-state index in [-0.39, 0.29) is 11.6 Å². The third-order valence-electron chi connectivity index (χ3n) is 3.29. The Balaban J connectivity index is 2.49. The molecule has 4 heteroatoms. The topological polar surface area (TPSA) is 50.1 Å². The van der Waals surface area contributed by atoms with E-state index in [0.29, 0.717) is 19.0 Å². The zero-order valence-electron chi connectivity index (χ0n) is 13.0. The van der Waals surface area contributed by atoms with Gasteiger partial charge in [0, 0.05) is 24.7 Å². The molecule has 0 aliphatic heterocycles. The van der Waals surface area contributed by atoms with Crippen molar-refractivity contribution in [2.24, 2.45) is 0 Å². The van der Waals surface area contributed by atoms with Gasteiger partial charge in [-0.1, -0.05) is 13.8 Å². The Hall–Kier alpha value is -0.870. The summed E-state index contributed by atoms with van der Waals surface area (Å²) in [6.45, 7) is 11.3. The first-order valence-electron chi connectivity index (χ1n) is 7.32. The quantitative estimate of drug-likeness (QED) is 0.798. The monoisotopic (exact) mass is 267 g/mol. The van der Waals surface area contributed by atoms with Crippen LogP contribution in [0.25, 0.3) is 0 Å². The molecule has 1 heterocycles. The lowest BCUT2D eigenvalue weighted by Gasteiger charge is -2.22. The number of rotatable bonds is 7. The van der Waals surface area contributed by atoms with Gasteiger partial charge in [0.1, 0.15) is 0 Å². The van der Waals surface area contributed by atoms with Crippen LogP contribution in [0.1, 0.15) is 59.2 Å². The van der Waals surface area contributed by atoms with E-state index in [2.05, 4.69) is 45.0 Å². The molecule has 0 radical (unpaired) electrons. The van der Waals surface area contributed by atoms with Crippen LogP contribution in [0.15, 0.2) is 12.3 Å². The van der Waals surface area contributed by atoms with Gasteiger partial charge in [-0.15, -0.1) is 0 Å². The first kappa shape index (κ1) is 16.2. The van der Waals surface area contributed by atoms with E-state index in [9.17, 15) is 5.11 Å². The van der Waals surface area contributed by atoms with Crippen molar-refractivity contribution in [3.05, 3.63) is 18.0 Å². The van der Waals surface area contributed by atoms with Crippen LogP contribution in [0.3, 0.4) is 0 Å². The summed E-state index contributed by atoms with van der Waals surface area (Å²) in [5.41, 5.74) is 1.01. The van der Waals surface area contributed by atoms with Crippen LogP contribution in [0.4, 0.5) is 0 Å². The average Bonchev–Trinajstić information content (AvgIpc) is 2.76. The van der Waals surface area contributed by atoms with Crippen molar-refractivity contribution in [3.8, 4) is 0 Å². The van der Waals surface area contributed by atoms with E-state index < -0.39 is 0 Å². The van der Waals surface area contributed by atoms with E-state index in [1.54, 1.807) is 0 Å². The molecule has 0 spiro atoms. The molecule has 0 saturated carbocycles. The molecule has 0 fully saturated rings. The predicted molar refractivity (Wildman–Crippen MR) is 79.3 cm³/mol. The molecule has 1 atom stereocenters. The van der Waals surface area contributed by atoms with Crippen molar-refractivity contribution in [2.75, 3.05) is 6.54 Å². The van der Waals surface area contributed by atoms with Crippen molar-refractivity contribution in [1.82, 2.24) is 15.1 Å². The Morgan fingerprint density at radius 1 is 1.32 bits per heavy atom. The van der Waals surface area contributed by atoms with Gasteiger partial charge in [-0.25, -0.2) is 0 Å². The minimum Gasteiger partial charge on any atom is -0.391 e. The molecule has 0 aliphatic carbocycles. The Bertz CT molecular complexity index is 364. The molecule has 0 amide bonds. The second-order valence-electron chi connectivity index (χ2n) is 6.25. The van der Waals surface area contributed by atoms with Crippen LogP contribution in [0, 0.1) is 0 Å². The smallest absolute Gasteiger partial charge is 0.0720 e. The fourth-order valence-electron chi connectivity index (χ4n) is 2.09. The third kappa shape index (κ3) is 5.74. The lowest BCUT2D eigenvalue weighted by molar-refractivity contribution is 0.159. The van der Waals surface area contributed by atoms with Crippen molar-refractivity contribution >= 4 is 0 Å². The molecular formula is C15H29N3O. The van der Waals surface area contributed by atoms with Crippen LogP contribution in [0.5, 0.6) is 0 Å². The highest BCUT2D eigenvalue weighted by Crippen LogP contribution is 2.15. The predicted octanol–water partition coefficient (Wildman–Crippen LogP) is 2.54. The second kappa shape index (κ2) is 7.06. The van der Waals surface area contributed by atoms with Gasteiger partial charge in [0.25, 0.3) is 0 Å². The van der Waals surface area contributed by atoms with Crippen LogP contribution in [-0.2, 0) is 6.42 Å². The maximum Gasteiger partial charge on any atom is 0.0720 e. The molecule has 19 heavy (non-hydrogen) atoms. The van der Waals surface area contributed by atoms with Gasteiger partial charge in [0.05, 0.1) is 17.8 Å². The molecule has 0 aliphatic rings. The summed E-state index contributed by atoms with van der Waals surface area (Å²) in [6, 6.07) is 2.48. The Labute approximate surface area is 117 Å². The highest BCUT2D eigenvalue weighted by molar-refractivity contribution is 5.01. The van der Waals surface area contributed by atoms with Gasteiger partial charge < -0.3 is 10.4 Å². The molecule has 110 valence electrons. The highest BCUT2D eigenvalue weighted by atomic mass is 16.3. The fourth-order valence-corrected chi connectivity index (χ4v) is 2.09. The van der Waals surface area contributed by atoms with E-state index in [1.165, 1.54) is 0 Å². The largest absolute Gasteiger partial charge is 0.391 e. The lowest BCUT2D eigenvalue weighted by atomic mass is 10.1. The lowest BCUT2D eigenvalue weighted by Crippen LogP contribution is -2.41. The molecule has 0 bridgehead atoms. The number of aromatic nitrogens is 2. The molecule has 2 N–H and O–H groups in total. The van der Waals surface area contributed by atoms with Gasteiger partial charge in [0.15, 0.2) is 0 Å². The number of aliphatic hydroxyl groups excluding tert-OH is 1. The van der Waals surface area contributed by atoms with Crippen LogP contribution in [-0.4, -0.2) is 33.1 Å². The average molecular weight is 267 g/mol. The summed E-state index contributed by atoms with van der Waals surface area (Å²) in [6.07, 6.45) is 4.43. The van der Waals surface area contributed by atoms with Gasteiger partial charge in [-0.2, -0.15) is 5.10 Å². The molecule has 4 nitrogen and oxygen atoms in total. The summed E-state index contributed by atoms with van der Waals surface area (Å²) in [7, 11) is 0. The highest BCUT2D eigenvalue weighted by Gasteiger charge is 2.14. The number of hydrogen-bond acceptors (Lipinski definition) is 3. The van der Waals surface area contributed by atoms with E-state index in [1.807, 2.05) is 16.9 Å². The van der Waals surface area contributed by atoms with Crippen molar-refractivity contribution in [3.63, 3.8) is 0 Å². The van der Waals surface area contributed by atoms with Crippen molar-refractivity contribution < 1.29 is 5.11 Å². The molecule has 1 unspecified atom stereocenters. The number of hydrogen-bond donors (Lipinski definition) is 2. The van der Waals surface area contributed by atoms with Crippen LogP contribution in [0.2, 0.25) is 0 Å². The van der Waals surface area contributed by atoms with Gasteiger partial charge in [-0.3, -0.25) is 4.68 Å². The molecule has 1 aromatic heterocycles. The van der Waals surface area contributed by atoms with E-state index >= 15 is 0 Å². The Kier molecular flexibility index (Phi) is 6.01. The first-order valence-corrected chi connectivity index (χ1v) is 7.32. The van der Waals surface area contributed by atoms with Gasteiger partial charge in [0.2, 0.25) is 0 Å². The van der Waals surface area contributed by atoms with Crippen molar-refractivity contribution in [2.45, 2.75) is 71.6 Å². The van der Waals surface area contributed by atoms with E-state index in [0.717, 1.165) is 18.5 Å². The minimum atomic E-state index is -0.385. The number of nitrogens with zero attached hydrogens (tertiary/aromatic N) is 2. The van der Waals surface area contributed by atoms with Crippen LogP contribution >= 0.6 is 0 Å². The molecule has 1 aromatic rings. The molecular weight excluding hydrogens is 238 g/mol. The standard InChI is InChI=1S/C15H29N3O/c1-6-13(7-2)18-9-8-12(17-18)10-14(19)11-16-15(3,4)5/h8-9,13-14,16,19H,6-7,10-11H2,1-5H3. The maximum atomic E-state index is 10.0. The fraction of sp³-hybridized carbons (Fsp3) is 0.800. The minimum absolute atomic E-state index is 0.0376. The summed E-state index contributed by atoms with van der Waals surface area (Å²) in [5, 5.41) is 17.9. The zero-order chi connectivity index (χ0) is 14.5. The van der Waals surface area contributed by atoms with E-state index in [4.69, 9.17) is 0 Å². The zero-order valence-corrected chi connectivity index (χ0v) is 13.0. The first-order chi connectivity index (χ1) is 8.85. The molecule has 0 saturated heterocycles. The third-order valence-corrected chi connectivity index (χ3v) is 3.29. The second-order valence-corrected chi connectivity index (χ2v) is 6.25. The number of β-amino-alcohol motifs (C(OH)–C–C–N with tert-alkyl or cyclic N) is 1. The maximum absolute atomic E-state index is 10.0. The van der Waals surface area contributed by atoms with Crippen LogP contribution < -0.4 is 5.32 Å². The molecule has 0 aromatic carbocycles. The SMILES string of the molecule is CCC(CC)n1ccc(CC(O)CNC(C)(C)C)n1. The summed E-state index contributed by atoms with van der Waals surface area (Å²) in [5.74, 6) is 0. The number of aliphatic hydroxyl groups is 1. The summed E-state index contributed by atoms with van der Waals surface area (Å²) in [4.78, 5) is 0. The Morgan fingerprint density at radius 2 is 1.95 bits per heavy atom. The van der Waals surface area contributed by atoms with Gasteiger partial charge in [-0.05, 0) is 39.7 Å². The number of nitrogens with one attached hydrogen (secondary N) is 1. The van der Waals surface area contributed by atoms with Gasteiger partial charge >= 0.3 is 0 Å². The summed E-state index contributed by atoms with van der Waals surface area (Å²) >= 11 is 0.